The summed E-state index contributed by atoms with van der Waals surface area (Å²) in [7, 11) is 0. The van der Waals surface area contributed by atoms with Gasteiger partial charge in [0.15, 0.2) is 0 Å². The summed E-state index contributed by atoms with van der Waals surface area (Å²) >= 11 is 0. The molecular weight excluding hydrogens is 267 g/mol. The highest BCUT2D eigenvalue weighted by Gasteiger charge is 2.20. The summed E-state index contributed by atoms with van der Waals surface area (Å²) in [5.41, 5.74) is 1.75. The molecule has 1 atom stereocenters. The van der Waals surface area contributed by atoms with Crippen molar-refractivity contribution >= 4 is 18.3 Å². The highest BCUT2D eigenvalue weighted by molar-refractivity contribution is 5.85. The van der Waals surface area contributed by atoms with Crippen LogP contribution in [0, 0.1) is 12.7 Å². The van der Waals surface area contributed by atoms with E-state index in [9.17, 15) is 9.18 Å². The minimum Gasteiger partial charge on any atom is -0.340 e. The molecule has 0 unspecified atom stereocenters. The topological polar surface area (TPSA) is 32.3 Å². The number of rotatable bonds is 2. The molecule has 1 heterocycles. The van der Waals surface area contributed by atoms with Gasteiger partial charge >= 0.3 is 0 Å². The van der Waals surface area contributed by atoms with Crippen LogP contribution in [-0.2, 0) is 11.2 Å². The summed E-state index contributed by atoms with van der Waals surface area (Å²) in [5.74, 6) is -0.200. The molecule has 5 heteroatoms. The SMILES string of the molecule is Cc1ccc(F)cc1CC(=O)N1CCN[C@H](C)C1.Cl. The van der Waals surface area contributed by atoms with Crippen molar-refractivity contribution in [3.63, 3.8) is 0 Å². The van der Waals surface area contributed by atoms with Crippen LogP contribution < -0.4 is 5.32 Å². The average molecular weight is 287 g/mol. The molecule has 0 spiro atoms. The molecule has 1 aromatic carbocycles. The second kappa shape index (κ2) is 6.87. The smallest absolute Gasteiger partial charge is 0.227 e. The fraction of sp³-hybridized carbons (Fsp3) is 0.500. The zero-order valence-corrected chi connectivity index (χ0v) is 12.1. The van der Waals surface area contributed by atoms with Crippen LogP contribution in [0.15, 0.2) is 18.2 Å². The number of halogens is 2. The van der Waals surface area contributed by atoms with Crippen molar-refractivity contribution < 1.29 is 9.18 Å². The standard InChI is InChI=1S/C14H19FN2O.ClH/c1-10-3-4-13(15)7-12(10)8-14(18)17-6-5-16-11(2)9-17;/h3-4,7,11,16H,5-6,8-9H2,1-2H3;1H/t11-;/m1./s1. The number of carbonyl (C=O) groups excluding carboxylic acids is 1. The normalized spacial score (nSPS) is 18.9. The van der Waals surface area contributed by atoms with E-state index in [1.54, 1.807) is 6.07 Å². The number of hydrogen-bond donors (Lipinski definition) is 1. The lowest BCUT2D eigenvalue weighted by Crippen LogP contribution is -2.51. The second-order valence-electron chi connectivity index (χ2n) is 4.94. The van der Waals surface area contributed by atoms with Crippen molar-refractivity contribution in [1.82, 2.24) is 10.2 Å². The molecule has 1 aliphatic heterocycles. The van der Waals surface area contributed by atoms with Crippen molar-refractivity contribution in [3.8, 4) is 0 Å². The average Bonchev–Trinajstić information content (AvgIpc) is 2.34. The quantitative estimate of drug-likeness (QED) is 0.901. The molecule has 3 nitrogen and oxygen atoms in total. The van der Waals surface area contributed by atoms with E-state index in [-0.39, 0.29) is 30.6 Å². The lowest BCUT2D eigenvalue weighted by atomic mass is 10.0. The fourth-order valence-electron chi connectivity index (χ4n) is 2.26. The lowest BCUT2D eigenvalue weighted by molar-refractivity contribution is -0.131. The summed E-state index contributed by atoms with van der Waals surface area (Å²) in [6, 6.07) is 4.93. The van der Waals surface area contributed by atoms with E-state index >= 15 is 0 Å². The van der Waals surface area contributed by atoms with Gasteiger partial charge in [0.25, 0.3) is 0 Å². The van der Waals surface area contributed by atoms with Gasteiger partial charge in [-0.1, -0.05) is 6.07 Å². The first-order chi connectivity index (χ1) is 8.56. The molecule has 1 aromatic rings. The first-order valence-electron chi connectivity index (χ1n) is 6.32. The van der Waals surface area contributed by atoms with Crippen LogP contribution in [-0.4, -0.2) is 36.5 Å². The molecule has 0 aliphatic carbocycles. The summed E-state index contributed by atoms with van der Waals surface area (Å²) in [5, 5.41) is 3.30. The highest BCUT2D eigenvalue weighted by atomic mass is 35.5. The maximum atomic E-state index is 13.2. The maximum absolute atomic E-state index is 13.2. The Bertz CT molecular complexity index is 453. The van der Waals surface area contributed by atoms with E-state index in [1.807, 2.05) is 11.8 Å². The largest absolute Gasteiger partial charge is 0.340 e. The third-order valence-electron chi connectivity index (χ3n) is 3.37. The molecule has 0 saturated carbocycles. The molecule has 1 saturated heterocycles. The predicted molar refractivity (Wildman–Crippen MR) is 76.1 cm³/mol. The Morgan fingerprint density at radius 1 is 1.53 bits per heavy atom. The van der Waals surface area contributed by atoms with Crippen LogP contribution in [0.1, 0.15) is 18.1 Å². The minimum absolute atomic E-state index is 0. The van der Waals surface area contributed by atoms with Crippen molar-refractivity contribution in [2.75, 3.05) is 19.6 Å². The van der Waals surface area contributed by atoms with Crippen LogP contribution in [0.25, 0.3) is 0 Å². The van der Waals surface area contributed by atoms with Crippen LogP contribution in [0.2, 0.25) is 0 Å². The van der Waals surface area contributed by atoms with E-state index < -0.39 is 0 Å². The Hall–Kier alpha value is -1.13. The highest BCUT2D eigenvalue weighted by Crippen LogP contribution is 2.13. The zero-order valence-electron chi connectivity index (χ0n) is 11.3. The monoisotopic (exact) mass is 286 g/mol. The maximum Gasteiger partial charge on any atom is 0.227 e. The number of piperazine rings is 1. The molecule has 1 aliphatic rings. The van der Waals surface area contributed by atoms with E-state index in [4.69, 9.17) is 0 Å². The number of hydrogen-bond acceptors (Lipinski definition) is 2. The Kier molecular flexibility index (Phi) is 5.76. The van der Waals surface area contributed by atoms with Crippen LogP contribution in [0.4, 0.5) is 4.39 Å². The van der Waals surface area contributed by atoms with Crippen LogP contribution >= 0.6 is 12.4 Å². The van der Waals surface area contributed by atoms with Gasteiger partial charge in [-0.25, -0.2) is 4.39 Å². The van der Waals surface area contributed by atoms with Crippen LogP contribution in [0.3, 0.4) is 0 Å². The summed E-state index contributed by atoms with van der Waals surface area (Å²) in [6.45, 7) is 6.26. The van der Waals surface area contributed by atoms with Gasteiger partial charge < -0.3 is 10.2 Å². The Balaban J connectivity index is 0.00000180. The van der Waals surface area contributed by atoms with Crippen molar-refractivity contribution in [3.05, 3.63) is 35.1 Å². The molecule has 106 valence electrons. The van der Waals surface area contributed by atoms with Gasteiger partial charge in [0, 0.05) is 25.7 Å². The number of carbonyl (C=O) groups is 1. The molecule has 1 fully saturated rings. The first kappa shape index (κ1) is 15.9. The van der Waals surface area contributed by atoms with Crippen molar-refractivity contribution in [1.29, 1.82) is 0 Å². The van der Waals surface area contributed by atoms with Gasteiger partial charge in [-0.2, -0.15) is 0 Å². The van der Waals surface area contributed by atoms with Crippen molar-refractivity contribution in [2.24, 2.45) is 0 Å². The van der Waals surface area contributed by atoms with Gasteiger partial charge in [0.05, 0.1) is 6.42 Å². The van der Waals surface area contributed by atoms with E-state index in [0.29, 0.717) is 6.04 Å². The Labute approximate surface area is 119 Å². The summed E-state index contributed by atoms with van der Waals surface area (Å²) in [6.07, 6.45) is 0.288. The van der Waals surface area contributed by atoms with Gasteiger partial charge in [0.2, 0.25) is 5.91 Å². The third-order valence-corrected chi connectivity index (χ3v) is 3.37. The summed E-state index contributed by atoms with van der Waals surface area (Å²) < 4.78 is 13.2. The molecule has 1 amide bonds. The van der Waals surface area contributed by atoms with Gasteiger partial charge in [0.1, 0.15) is 5.82 Å². The lowest BCUT2D eigenvalue weighted by Gasteiger charge is -2.32. The van der Waals surface area contributed by atoms with E-state index in [2.05, 4.69) is 12.2 Å². The zero-order chi connectivity index (χ0) is 13.1. The number of benzene rings is 1. The molecule has 19 heavy (non-hydrogen) atoms. The molecule has 1 N–H and O–H groups in total. The molecule has 2 rings (SSSR count). The number of aryl methyl sites for hydroxylation is 1. The Morgan fingerprint density at radius 2 is 2.26 bits per heavy atom. The van der Waals surface area contributed by atoms with Gasteiger partial charge in [-0.3, -0.25) is 4.79 Å². The fourth-order valence-corrected chi connectivity index (χ4v) is 2.26. The number of amides is 1. The van der Waals surface area contributed by atoms with Crippen LogP contribution in [0.5, 0.6) is 0 Å². The van der Waals surface area contributed by atoms with E-state index in [0.717, 1.165) is 30.8 Å². The number of nitrogens with zero attached hydrogens (tertiary/aromatic N) is 1. The summed E-state index contributed by atoms with van der Waals surface area (Å²) in [4.78, 5) is 14.0. The molecule has 0 radical (unpaired) electrons. The van der Waals surface area contributed by atoms with Gasteiger partial charge in [-0.15, -0.1) is 12.4 Å². The molecular formula is C14H20ClFN2O. The van der Waals surface area contributed by atoms with Gasteiger partial charge in [-0.05, 0) is 37.1 Å². The third kappa shape index (κ3) is 4.18. The molecule has 0 aromatic heterocycles. The minimum atomic E-state index is -0.280. The molecule has 0 bridgehead atoms. The van der Waals surface area contributed by atoms with E-state index in [1.165, 1.54) is 12.1 Å². The Morgan fingerprint density at radius 3 is 2.95 bits per heavy atom. The first-order valence-corrected chi connectivity index (χ1v) is 6.32. The predicted octanol–water partition coefficient (Wildman–Crippen LogP) is 1.92. The number of nitrogens with one attached hydrogen (secondary N) is 1. The van der Waals surface area contributed by atoms with Crippen molar-refractivity contribution in [2.45, 2.75) is 26.3 Å². The second-order valence-corrected chi connectivity index (χ2v) is 4.94.